The summed E-state index contributed by atoms with van der Waals surface area (Å²) >= 11 is 0. The van der Waals surface area contributed by atoms with Gasteiger partial charge in [-0.2, -0.15) is 0 Å². The third-order valence-electron chi connectivity index (χ3n) is 3.50. The number of allylic oxidation sites excluding steroid dienone is 1. The van der Waals surface area contributed by atoms with E-state index in [0.717, 1.165) is 41.8 Å². The maximum Gasteiger partial charge on any atom is 0.110 e. The molecule has 0 radical (unpaired) electrons. The molecule has 2 rings (SSSR count). The molecule has 1 aromatic carbocycles. The maximum absolute atomic E-state index is 9.04. The Morgan fingerprint density at radius 2 is 2.15 bits per heavy atom. The minimum Gasteiger partial charge on any atom is -0.396 e. The molecule has 1 aromatic heterocycles. The van der Waals surface area contributed by atoms with Crippen molar-refractivity contribution in [2.45, 2.75) is 46.1 Å². The fourth-order valence-corrected chi connectivity index (χ4v) is 2.43. The van der Waals surface area contributed by atoms with Gasteiger partial charge in [-0.25, -0.2) is 4.98 Å². The number of hydrogen-bond acceptors (Lipinski definition) is 2. The summed E-state index contributed by atoms with van der Waals surface area (Å²) < 4.78 is 2.22. The normalized spacial score (nSPS) is 11.4. The van der Waals surface area contributed by atoms with E-state index in [9.17, 15) is 0 Å². The largest absolute Gasteiger partial charge is 0.396 e. The van der Waals surface area contributed by atoms with Crippen LogP contribution in [0.15, 0.2) is 30.4 Å². The first kappa shape index (κ1) is 14.8. The lowest BCUT2D eigenvalue weighted by Crippen LogP contribution is -2.05. The van der Waals surface area contributed by atoms with Gasteiger partial charge in [-0.15, -0.1) is 0 Å². The van der Waals surface area contributed by atoms with E-state index < -0.39 is 0 Å². The van der Waals surface area contributed by atoms with Gasteiger partial charge in [-0.05, 0) is 37.0 Å². The molecule has 1 heterocycles. The van der Waals surface area contributed by atoms with E-state index in [1.807, 2.05) is 6.92 Å². The van der Waals surface area contributed by atoms with Crippen LogP contribution in [-0.4, -0.2) is 21.3 Å². The van der Waals surface area contributed by atoms with Gasteiger partial charge in [0.05, 0.1) is 11.0 Å². The van der Waals surface area contributed by atoms with E-state index in [2.05, 4.69) is 43.2 Å². The van der Waals surface area contributed by atoms with Gasteiger partial charge in [0.1, 0.15) is 5.82 Å². The van der Waals surface area contributed by atoms with Crippen LogP contribution < -0.4 is 0 Å². The number of aryl methyl sites for hydroxylation is 1. The zero-order valence-electron chi connectivity index (χ0n) is 12.7. The number of benzene rings is 1. The summed E-state index contributed by atoms with van der Waals surface area (Å²) in [5.41, 5.74) is 4.63. The minimum atomic E-state index is 0.202. The highest BCUT2D eigenvalue weighted by molar-refractivity contribution is 5.77. The van der Waals surface area contributed by atoms with Gasteiger partial charge in [0.25, 0.3) is 0 Å². The fourth-order valence-electron chi connectivity index (χ4n) is 2.43. The molecule has 0 amide bonds. The number of aromatic nitrogens is 2. The molecule has 0 aliphatic carbocycles. The number of aliphatic hydroxyl groups is 1. The van der Waals surface area contributed by atoms with Crippen molar-refractivity contribution in [2.75, 3.05) is 6.61 Å². The number of aliphatic hydroxyl groups excluding tert-OH is 1. The van der Waals surface area contributed by atoms with Crippen molar-refractivity contribution in [3.63, 3.8) is 0 Å². The van der Waals surface area contributed by atoms with Crippen LogP contribution in [0.4, 0.5) is 0 Å². The first-order chi connectivity index (χ1) is 9.52. The average Bonchev–Trinajstić information content (AvgIpc) is 2.73. The zero-order valence-corrected chi connectivity index (χ0v) is 12.7. The van der Waals surface area contributed by atoms with Crippen molar-refractivity contribution in [3.8, 4) is 0 Å². The molecule has 0 saturated carbocycles. The Labute approximate surface area is 121 Å². The Bertz CT molecular complexity index is 611. The van der Waals surface area contributed by atoms with Gasteiger partial charge in [0.2, 0.25) is 0 Å². The summed E-state index contributed by atoms with van der Waals surface area (Å²) in [6.45, 7) is 11.4. The van der Waals surface area contributed by atoms with Gasteiger partial charge in [0.15, 0.2) is 0 Å². The quantitative estimate of drug-likeness (QED) is 0.815. The molecule has 0 fully saturated rings. The van der Waals surface area contributed by atoms with E-state index in [1.165, 1.54) is 5.56 Å². The first-order valence-electron chi connectivity index (χ1n) is 7.27. The van der Waals surface area contributed by atoms with Gasteiger partial charge in [-0.3, -0.25) is 0 Å². The molecule has 3 heteroatoms. The SMILES string of the molecule is C=C(C)Cn1c(CCCO)nc2cc(C(C)C)ccc21. The van der Waals surface area contributed by atoms with Crippen LogP contribution in [0.3, 0.4) is 0 Å². The summed E-state index contributed by atoms with van der Waals surface area (Å²) in [7, 11) is 0. The zero-order chi connectivity index (χ0) is 14.7. The predicted molar refractivity (Wildman–Crippen MR) is 84.0 cm³/mol. The molecule has 0 bridgehead atoms. The maximum atomic E-state index is 9.04. The van der Waals surface area contributed by atoms with Crippen LogP contribution in [-0.2, 0) is 13.0 Å². The lowest BCUT2D eigenvalue weighted by molar-refractivity contribution is 0.287. The second-order valence-electron chi connectivity index (χ2n) is 5.80. The second-order valence-corrected chi connectivity index (χ2v) is 5.80. The van der Waals surface area contributed by atoms with Gasteiger partial charge in [0, 0.05) is 19.6 Å². The smallest absolute Gasteiger partial charge is 0.110 e. The molecule has 1 N–H and O–H groups in total. The molecule has 3 nitrogen and oxygen atoms in total. The Morgan fingerprint density at radius 3 is 2.75 bits per heavy atom. The summed E-state index contributed by atoms with van der Waals surface area (Å²) in [5, 5.41) is 9.04. The van der Waals surface area contributed by atoms with Gasteiger partial charge in [-0.1, -0.05) is 32.1 Å². The number of imidazole rings is 1. The number of hydrogen-bond donors (Lipinski definition) is 1. The number of fused-ring (bicyclic) bond motifs is 1. The van der Waals surface area contributed by atoms with E-state index >= 15 is 0 Å². The minimum absolute atomic E-state index is 0.202. The number of nitrogens with zero attached hydrogens (tertiary/aromatic N) is 2. The third-order valence-corrected chi connectivity index (χ3v) is 3.50. The van der Waals surface area contributed by atoms with E-state index in [4.69, 9.17) is 10.1 Å². The Morgan fingerprint density at radius 1 is 1.40 bits per heavy atom. The molecule has 108 valence electrons. The molecule has 0 unspecified atom stereocenters. The third kappa shape index (κ3) is 3.10. The second kappa shape index (κ2) is 6.23. The van der Waals surface area contributed by atoms with Crippen LogP contribution in [0.5, 0.6) is 0 Å². The summed E-state index contributed by atoms with van der Waals surface area (Å²) in [5.74, 6) is 1.55. The van der Waals surface area contributed by atoms with Crippen LogP contribution in [0.25, 0.3) is 11.0 Å². The van der Waals surface area contributed by atoms with Crippen LogP contribution in [0.1, 0.15) is 44.5 Å². The van der Waals surface area contributed by atoms with E-state index in [1.54, 1.807) is 0 Å². The Kier molecular flexibility index (Phi) is 4.61. The lowest BCUT2D eigenvalue weighted by Gasteiger charge is -2.09. The highest BCUT2D eigenvalue weighted by Crippen LogP contribution is 2.23. The van der Waals surface area contributed by atoms with Crippen molar-refractivity contribution in [1.82, 2.24) is 9.55 Å². The fraction of sp³-hybridized carbons (Fsp3) is 0.471. The molecule has 0 aliphatic rings. The van der Waals surface area contributed by atoms with Crippen molar-refractivity contribution >= 4 is 11.0 Å². The average molecular weight is 272 g/mol. The molecule has 0 aliphatic heterocycles. The van der Waals surface area contributed by atoms with Crippen molar-refractivity contribution in [1.29, 1.82) is 0 Å². The van der Waals surface area contributed by atoms with Crippen LogP contribution >= 0.6 is 0 Å². The molecule has 20 heavy (non-hydrogen) atoms. The summed E-state index contributed by atoms with van der Waals surface area (Å²) in [6, 6.07) is 6.51. The molecule has 0 spiro atoms. The lowest BCUT2D eigenvalue weighted by atomic mass is 10.0. The monoisotopic (exact) mass is 272 g/mol. The van der Waals surface area contributed by atoms with Crippen LogP contribution in [0.2, 0.25) is 0 Å². The molecule has 2 aromatic rings. The Hall–Kier alpha value is -1.61. The predicted octanol–water partition coefficient (Wildman–Crippen LogP) is 3.66. The topological polar surface area (TPSA) is 38.0 Å². The molecule has 0 saturated heterocycles. The van der Waals surface area contributed by atoms with E-state index in [-0.39, 0.29) is 6.61 Å². The highest BCUT2D eigenvalue weighted by atomic mass is 16.2. The number of rotatable bonds is 6. The highest BCUT2D eigenvalue weighted by Gasteiger charge is 2.12. The Balaban J connectivity index is 2.49. The molecule has 0 atom stereocenters. The summed E-state index contributed by atoms with van der Waals surface area (Å²) in [4.78, 5) is 4.76. The van der Waals surface area contributed by atoms with Crippen molar-refractivity contribution in [3.05, 3.63) is 41.7 Å². The van der Waals surface area contributed by atoms with E-state index in [0.29, 0.717) is 5.92 Å². The van der Waals surface area contributed by atoms with Gasteiger partial charge >= 0.3 is 0 Å². The van der Waals surface area contributed by atoms with Gasteiger partial charge < -0.3 is 9.67 Å². The van der Waals surface area contributed by atoms with Crippen molar-refractivity contribution < 1.29 is 5.11 Å². The standard InChI is InChI=1S/C17H24N2O/c1-12(2)11-19-16-8-7-14(13(3)4)10-15(16)18-17(19)6-5-9-20/h7-8,10,13,20H,1,5-6,9,11H2,2-4H3. The summed E-state index contributed by atoms with van der Waals surface area (Å²) in [6.07, 6.45) is 1.55. The molecular weight excluding hydrogens is 248 g/mol. The van der Waals surface area contributed by atoms with Crippen molar-refractivity contribution in [2.24, 2.45) is 0 Å². The first-order valence-corrected chi connectivity index (χ1v) is 7.27. The van der Waals surface area contributed by atoms with Crippen LogP contribution in [0, 0.1) is 0 Å². The molecular formula is C17H24N2O.